The molecule has 3 aromatic rings. The number of aliphatic hydroxyl groups is 5. The van der Waals surface area contributed by atoms with Gasteiger partial charge in [-0.05, 0) is 127 Å². The number of methoxy groups -OCH3 is 1. The summed E-state index contributed by atoms with van der Waals surface area (Å²) >= 11 is 9.62. The summed E-state index contributed by atoms with van der Waals surface area (Å²) in [5.74, 6) is -2.45. The van der Waals surface area contributed by atoms with Crippen LogP contribution >= 0.6 is 45.5 Å². The molecule has 0 aliphatic carbocycles. The molecule has 77 heavy (non-hydrogen) atoms. The van der Waals surface area contributed by atoms with Crippen LogP contribution in [-0.4, -0.2) is 175 Å². The molecule has 0 unspecified atom stereocenters. The Labute approximate surface area is 475 Å². The van der Waals surface area contributed by atoms with Gasteiger partial charge in [-0.3, -0.25) is 19.3 Å². The quantitative estimate of drug-likeness (QED) is 0.0379. The number of carbonyl (C=O) groups is 3. The van der Waals surface area contributed by atoms with E-state index in [4.69, 9.17) is 44.8 Å². The number of hydrogen-bond donors (Lipinski definition) is 6. The van der Waals surface area contributed by atoms with Crippen LogP contribution in [0.5, 0.6) is 11.5 Å². The lowest BCUT2D eigenvalue weighted by Gasteiger charge is -2.49. The summed E-state index contributed by atoms with van der Waals surface area (Å²) < 4.78 is 42.9. The highest BCUT2D eigenvalue weighted by atomic mass is 127. The molecule has 3 saturated heterocycles. The number of halogens is 2. The number of amides is 2. The molecule has 428 valence electrons. The molecule has 5 heterocycles. The number of ether oxygens (including phenoxy) is 7. The van der Waals surface area contributed by atoms with Crippen LogP contribution in [-0.2, 0) is 38.0 Å². The largest absolute Gasteiger partial charge is 0.456 e. The monoisotopic (exact) mass is 1230 g/mol. The Morgan fingerprint density at radius 2 is 1.62 bits per heavy atom. The Bertz CT molecular complexity index is 2550. The Kier molecular flexibility index (Phi) is 20.0. The summed E-state index contributed by atoms with van der Waals surface area (Å²) in [4.78, 5) is 45.9. The normalized spacial score (nSPS) is 37.3. The number of nitrogens with one attached hydrogen (secondary N) is 1. The maximum atomic E-state index is 14.5. The van der Waals surface area contributed by atoms with Crippen molar-refractivity contribution in [2.75, 3.05) is 33.8 Å². The third-order valence-electron chi connectivity index (χ3n) is 16.2. The van der Waals surface area contributed by atoms with Crippen molar-refractivity contribution in [3.63, 3.8) is 0 Å². The predicted octanol–water partition coefficient (Wildman–Crippen LogP) is 7.14. The molecule has 2 amide bonds. The number of cyclic esters (lactones) is 1. The Balaban J connectivity index is 1.17. The van der Waals surface area contributed by atoms with Gasteiger partial charge in [-0.25, -0.2) is 0 Å². The smallest absolute Gasteiger partial charge is 0.312 e. The van der Waals surface area contributed by atoms with Gasteiger partial charge in [0, 0.05) is 85.7 Å². The number of hydrogen-bond acceptors (Lipinski definition) is 17. The summed E-state index contributed by atoms with van der Waals surface area (Å²) in [6, 6.07) is 13.5. The van der Waals surface area contributed by atoms with E-state index in [1.165, 1.54) is 37.2 Å². The van der Waals surface area contributed by atoms with Gasteiger partial charge in [0.15, 0.2) is 16.7 Å². The van der Waals surface area contributed by atoms with Crippen LogP contribution in [0.15, 0.2) is 48.5 Å². The standard InChI is InChI=1S/C56H79ClIN3O15S/c1-28-25-54(8,68)49(75-52-44(63)39(22-29(2)71-52)60(11)34(7)62)30(3)45(74-43-26-55(9,70-12)48(65)33(6)72-43)31(4)51(67)76-53(58)56(10,69)47(64)32(5)61(27-28)21-15-20-59-50(66)42-24-37-36-16-13-14-17-40(36)73-41-19-18-35(57)23-38(41)46(37)77-42/h13-14,16-19,23-24,28-33,39,43-45,47-49,52-53,63-65,68-69H,15,20-22,25-27H2,1-12H3,(H,59,66)/t28-,29-,30+,31-,32-,33+,39+,43+,44-,45+,47-,48+,49-,52+,53+,54-,55-,56+/m1/s1. The number of benzene rings is 2. The summed E-state index contributed by atoms with van der Waals surface area (Å²) in [5.41, 5.74) is -2.39. The number of esters is 1. The van der Waals surface area contributed by atoms with Gasteiger partial charge in [0.1, 0.15) is 35.4 Å². The molecule has 4 aliphatic rings. The lowest BCUT2D eigenvalue weighted by atomic mass is 9.77. The summed E-state index contributed by atoms with van der Waals surface area (Å²) in [7, 11) is 3.08. The molecular formula is C56H79ClIN3O15S. The second kappa shape index (κ2) is 25.0. The zero-order chi connectivity index (χ0) is 56.6. The average Bonchev–Trinajstić information content (AvgIpc) is 3.81. The van der Waals surface area contributed by atoms with Crippen molar-refractivity contribution in [1.82, 2.24) is 15.1 Å². The van der Waals surface area contributed by atoms with E-state index in [-0.39, 0.29) is 43.7 Å². The van der Waals surface area contributed by atoms with Crippen LogP contribution in [0.3, 0.4) is 0 Å². The third-order valence-corrected chi connectivity index (χ3v) is 19.1. The number of alkyl halides is 1. The number of aliphatic hydroxyl groups excluding tert-OH is 3. The minimum absolute atomic E-state index is 0.0542. The molecule has 1 aromatic heterocycles. The topological polar surface area (TPSA) is 235 Å². The minimum Gasteiger partial charge on any atom is -0.456 e. The lowest BCUT2D eigenvalue weighted by Crippen LogP contribution is -2.61. The highest BCUT2D eigenvalue weighted by Gasteiger charge is 2.53. The molecule has 6 N–H and O–H groups in total. The van der Waals surface area contributed by atoms with Crippen molar-refractivity contribution in [3.05, 3.63) is 58.4 Å². The van der Waals surface area contributed by atoms with E-state index in [0.29, 0.717) is 40.8 Å². The number of para-hydroxylation sites is 1. The van der Waals surface area contributed by atoms with E-state index in [1.807, 2.05) is 83.8 Å². The molecule has 21 heteroatoms. The van der Waals surface area contributed by atoms with Crippen molar-refractivity contribution in [2.24, 2.45) is 17.8 Å². The molecule has 18 nitrogen and oxygen atoms in total. The van der Waals surface area contributed by atoms with Crippen molar-refractivity contribution in [3.8, 4) is 33.1 Å². The van der Waals surface area contributed by atoms with Crippen molar-refractivity contribution >= 4 is 63.3 Å². The van der Waals surface area contributed by atoms with Gasteiger partial charge in [0.2, 0.25) is 5.91 Å². The van der Waals surface area contributed by atoms with Gasteiger partial charge in [-0.15, -0.1) is 11.3 Å². The van der Waals surface area contributed by atoms with Gasteiger partial charge in [-0.2, -0.15) is 0 Å². The number of fused-ring (bicyclic) bond motifs is 5. The number of thiophene rings is 1. The maximum absolute atomic E-state index is 14.5. The maximum Gasteiger partial charge on any atom is 0.312 e. The van der Waals surface area contributed by atoms with Crippen LogP contribution in [0.25, 0.3) is 21.6 Å². The van der Waals surface area contributed by atoms with E-state index in [2.05, 4.69) is 5.32 Å². The van der Waals surface area contributed by atoms with Crippen LogP contribution in [0, 0.1) is 17.8 Å². The van der Waals surface area contributed by atoms with Crippen molar-refractivity contribution < 1.29 is 73.1 Å². The summed E-state index contributed by atoms with van der Waals surface area (Å²) in [5, 5.41) is 63.9. The molecular weight excluding hydrogens is 1150 g/mol. The zero-order valence-electron chi connectivity index (χ0n) is 46.1. The van der Waals surface area contributed by atoms with Gasteiger partial charge in [0.25, 0.3) is 5.91 Å². The van der Waals surface area contributed by atoms with Crippen molar-refractivity contribution in [1.29, 1.82) is 0 Å². The molecule has 18 atom stereocenters. The van der Waals surface area contributed by atoms with E-state index < -0.39 is 106 Å². The fourth-order valence-electron chi connectivity index (χ4n) is 11.6. The first kappa shape index (κ1) is 61.5. The molecule has 0 saturated carbocycles. The second-order valence-electron chi connectivity index (χ2n) is 22.5. The van der Waals surface area contributed by atoms with Gasteiger partial charge in [-0.1, -0.05) is 43.6 Å². The number of carbonyl (C=O) groups excluding carboxylic acids is 3. The summed E-state index contributed by atoms with van der Waals surface area (Å²) in [6.45, 7) is 17.6. The third kappa shape index (κ3) is 13.5. The van der Waals surface area contributed by atoms with Crippen LogP contribution < -0.4 is 10.1 Å². The van der Waals surface area contributed by atoms with Gasteiger partial charge >= 0.3 is 5.97 Å². The number of nitrogens with zero attached hydrogens (tertiary/aromatic N) is 2. The predicted molar refractivity (Wildman–Crippen MR) is 299 cm³/mol. The first-order chi connectivity index (χ1) is 36.1. The number of likely N-dealkylation sites (N-methyl/N-ethyl adjacent to an activating group) is 1. The minimum atomic E-state index is -2.00. The Hall–Kier alpha value is -3.07. The Morgan fingerprint density at radius 3 is 2.31 bits per heavy atom. The van der Waals surface area contributed by atoms with Crippen LogP contribution in [0.4, 0.5) is 0 Å². The first-order valence-corrected chi connectivity index (χ1v) is 29.0. The highest BCUT2D eigenvalue weighted by molar-refractivity contribution is 14.1. The fraction of sp³-hybridized carbons (Fsp3) is 0.661. The Morgan fingerprint density at radius 1 is 0.935 bits per heavy atom. The fourth-order valence-corrected chi connectivity index (χ4v) is 13.5. The molecule has 7 rings (SSSR count). The van der Waals surface area contributed by atoms with E-state index in [1.54, 1.807) is 54.7 Å². The van der Waals surface area contributed by atoms with Gasteiger partial charge < -0.3 is 68.9 Å². The first-order valence-electron chi connectivity index (χ1n) is 26.6. The second-order valence-corrected chi connectivity index (χ2v) is 25.1. The highest BCUT2D eigenvalue weighted by Crippen LogP contribution is 2.51. The molecule has 3 fully saturated rings. The molecule has 0 spiro atoms. The van der Waals surface area contributed by atoms with Gasteiger partial charge in [0.05, 0.1) is 52.5 Å². The summed E-state index contributed by atoms with van der Waals surface area (Å²) in [6.07, 6.45) is -8.99. The molecule has 4 aliphatic heterocycles. The molecule has 0 bridgehead atoms. The number of rotatable bonds is 11. The van der Waals surface area contributed by atoms with Crippen LogP contribution in [0.2, 0.25) is 5.02 Å². The van der Waals surface area contributed by atoms with Crippen LogP contribution in [0.1, 0.15) is 105 Å². The average molecular weight is 1230 g/mol. The van der Waals surface area contributed by atoms with E-state index >= 15 is 0 Å². The molecule has 0 radical (unpaired) electrons. The van der Waals surface area contributed by atoms with Crippen molar-refractivity contribution in [2.45, 2.75) is 183 Å². The molecule has 2 aromatic carbocycles. The van der Waals surface area contributed by atoms with E-state index in [9.17, 15) is 39.9 Å². The SMILES string of the molecule is CO[C@]1(C)C[C@H](O[C@H]2[C@H](C)[C@@H](O[C@@H]3O[C@H](C)C[C@H](N(C)C(C)=O)[C@H]3O)[C@](C)(O)C[C@@H](C)CN(CCCNC(=O)c3cc4c(s3)-c3cc(Cl)ccc3Oc3ccccc3-4)[C@H](C)[C@@H](O)[C@](C)(O)[C@@H](I)OC(=O)[C@@H]2C)O[C@@H](C)[C@@H]1O. The lowest BCUT2D eigenvalue weighted by molar-refractivity contribution is -0.317. The zero-order valence-corrected chi connectivity index (χ0v) is 49.8. The van der Waals surface area contributed by atoms with E-state index in [0.717, 1.165) is 21.6 Å².